The number of H-pyrrole nitrogens is 1. The van der Waals surface area contributed by atoms with Gasteiger partial charge in [-0.15, -0.1) is 5.10 Å². The summed E-state index contributed by atoms with van der Waals surface area (Å²) in [5.41, 5.74) is 3.22. The largest absolute Gasteiger partial charge is 0.317 e. The minimum Gasteiger partial charge on any atom is -0.317 e. The fourth-order valence-electron chi connectivity index (χ4n) is 2.31. The van der Waals surface area contributed by atoms with Crippen LogP contribution in [0.1, 0.15) is 27.6 Å². The average molecular weight is 349 g/mol. The number of nitrogens with one attached hydrogen (secondary N) is 2. The summed E-state index contributed by atoms with van der Waals surface area (Å²) < 4.78 is 14.7. The van der Waals surface area contributed by atoms with Gasteiger partial charge in [-0.2, -0.15) is 5.10 Å². The first kappa shape index (κ1) is 16.1. The number of carbonyl (C=O) groups excluding carboxylic acids is 1. The topological polar surface area (TPSA) is 88.5 Å². The standard InChI is InChI=1S/C15H14ClFN6O/c1-7-13(8(2)20-19-7)18-15(24)14-9(3)23(22-21-14)10-4-5-12(17)11(16)6-10/h4-6H,1-3H3,(H,18,24)(H,19,20). The summed E-state index contributed by atoms with van der Waals surface area (Å²) in [7, 11) is 0. The molecule has 3 rings (SSSR count). The smallest absolute Gasteiger partial charge is 0.278 e. The van der Waals surface area contributed by atoms with Crippen LogP contribution in [0.4, 0.5) is 10.1 Å². The molecule has 2 N–H and O–H groups in total. The number of benzene rings is 1. The molecule has 9 heteroatoms. The molecule has 0 unspecified atom stereocenters. The summed E-state index contributed by atoms with van der Waals surface area (Å²) in [5, 5.41) is 17.4. The number of aryl methyl sites for hydroxylation is 2. The highest BCUT2D eigenvalue weighted by Gasteiger charge is 2.20. The molecule has 0 radical (unpaired) electrons. The summed E-state index contributed by atoms with van der Waals surface area (Å²) in [6.45, 7) is 5.28. The summed E-state index contributed by atoms with van der Waals surface area (Å²) in [6, 6.07) is 4.16. The zero-order valence-corrected chi connectivity index (χ0v) is 13.9. The van der Waals surface area contributed by atoms with Crippen molar-refractivity contribution in [3.63, 3.8) is 0 Å². The Labute approximate surface area is 141 Å². The van der Waals surface area contributed by atoms with Crippen LogP contribution in [0, 0.1) is 26.6 Å². The van der Waals surface area contributed by atoms with E-state index in [-0.39, 0.29) is 10.7 Å². The van der Waals surface area contributed by atoms with Gasteiger partial charge < -0.3 is 5.32 Å². The van der Waals surface area contributed by atoms with Gasteiger partial charge >= 0.3 is 0 Å². The van der Waals surface area contributed by atoms with Crippen LogP contribution in [-0.4, -0.2) is 31.1 Å². The van der Waals surface area contributed by atoms with E-state index >= 15 is 0 Å². The van der Waals surface area contributed by atoms with Crippen LogP contribution in [0.25, 0.3) is 5.69 Å². The number of aromatic amines is 1. The summed E-state index contributed by atoms with van der Waals surface area (Å²) in [6.07, 6.45) is 0. The Morgan fingerprint density at radius 2 is 2.08 bits per heavy atom. The Balaban J connectivity index is 1.92. The van der Waals surface area contributed by atoms with E-state index in [1.165, 1.54) is 22.9 Å². The average Bonchev–Trinajstić information content (AvgIpc) is 3.07. The number of carbonyl (C=O) groups is 1. The Hall–Kier alpha value is -2.74. The molecule has 3 aromatic rings. The third-order valence-corrected chi connectivity index (χ3v) is 3.91. The maximum atomic E-state index is 13.3. The molecule has 1 aromatic carbocycles. The molecule has 0 bridgehead atoms. The fourth-order valence-corrected chi connectivity index (χ4v) is 2.48. The Bertz CT molecular complexity index is 913. The second-order valence-corrected chi connectivity index (χ2v) is 5.70. The van der Waals surface area contributed by atoms with Crippen molar-refractivity contribution in [2.75, 3.05) is 5.32 Å². The lowest BCUT2D eigenvalue weighted by Gasteiger charge is -2.06. The van der Waals surface area contributed by atoms with Crippen molar-refractivity contribution < 1.29 is 9.18 Å². The minimum absolute atomic E-state index is 0.0296. The highest BCUT2D eigenvalue weighted by molar-refractivity contribution is 6.30. The van der Waals surface area contributed by atoms with Gasteiger partial charge in [0.1, 0.15) is 5.82 Å². The van der Waals surface area contributed by atoms with Crippen molar-refractivity contribution in [3.8, 4) is 5.69 Å². The molecule has 7 nitrogen and oxygen atoms in total. The van der Waals surface area contributed by atoms with Crippen molar-refractivity contribution in [3.05, 3.63) is 51.8 Å². The van der Waals surface area contributed by atoms with E-state index in [0.29, 0.717) is 22.8 Å². The third-order valence-electron chi connectivity index (χ3n) is 3.62. The van der Waals surface area contributed by atoms with Crippen LogP contribution in [0.3, 0.4) is 0 Å². The molecule has 124 valence electrons. The number of anilines is 1. The van der Waals surface area contributed by atoms with Crippen molar-refractivity contribution in [1.82, 2.24) is 25.2 Å². The van der Waals surface area contributed by atoms with E-state index in [4.69, 9.17) is 11.6 Å². The molecule has 0 saturated heterocycles. The van der Waals surface area contributed by atoms with Crippen LogP contribution < -0.4 is 5.32 Å². The Kier molecular flexibility index (Phi) is 4.06. The molecule has 2 heterocycles. The van der Waals surface area contributed by atoms with Crippen LogP contribution >= 0.6 is 11.6 Å². The number of halogens is 2. The lowest BCUT2D eigenvalue weighted by molar-refractivity contribution is 0.102. The Morgan fingerprint density at radius 1 is 1.33 bits per heavy atom. The predicted octanol–water partition coefficient (Wildman–Crippen LogP) is 2.96. The zero-order chi connectivity index (χ0) is 17.4. The van der Waals surface area contributed by atoms with Gasteiger partial charge in [-0.1, -0.05) is 16.8 Å². The first-order valence-electron chi connectivity index (χ1n) is 7.09. The molecule has 0 aliphatic carbocycles. The van der Waals surface area contributed by atoms with Gasteiger partial charge in [-0.3, -0.25) is 9.89 Å². The second-order valence-electron chi connectivity index (χ2n) is 5.30. The molecular formula is C15H14ClFN6O. The first-order chi connectivity index (χ1) is 11.4. The second kappa shape index (κ2) is 6.04. The first-order valence-corrected chi connectivity index (χ1v) is 7.47. The van der Waals surface area contributed by atoms with Crippen molar-refractivity contribution in [1.29, 1.82) is 0 Å². The van der Waals surface area contributed by atoms with Crippen molar-refractivity contribution in [2.45, 2.75) is 20.8 Å². The van der Waals surface area contributed by atoms with E-state index in [2.05, 4.69) is 25.8 Å². The molecule has 24 heavy (non-hydrogen) atoms. The van der Waals surface area contributed by atoms with Crippen molar-refractivity contribution >= 4 is 23.2 Å². The van der Waals surface area contributed by atoms with Crippen LogP contribution in [0.5, 0.6) is 0 Å². The highest BCUT2D eigenvalue weighted by atomic mass is 35.5. The molecule has 0 atom stereocenters. The highest BCUT2D eigenvalue weighted by Crippen LogP contribution is 2.21. The van der Waals surface area contributed by atoms with Gasteiger partial charge in [-0.05, 0) is 39.0 Å². The van der Waals surface area contributed by atoms with E-state index in [1.54, 1.807) is 20.8 Å². The summed E-state index contributed by atoms with van der Waals surface area (Å²) in [5.74, 6) is -0.929. The van der Waals surface area contributed by atoms with Crippen LogP contribution in [0.15, 0.2) is 18.2 Å². The van der Waals surface area contributed by atoms with Gasteiger partial charge in [0.15, 0.2) is 5.69 Å². The van der Waals surface area contributed by atoms with E-state index in [0.717, 1.165) is 5.69 Å². The lowest BCUT2D eigenvalue weighted by Crippen LogP contribution is -2.15. The number of hydrogen-bond donors (Lipinski definition) is 2. The van der Waals surface area contributed by atoms with Gasteiger partial charge in [0, 0.05) is 0 Å². The maximum absolute atomic E-state index is 13.3. The molecule has 0 aliphatic rings. The molecule has 0 saturated carbocycles. The molecule has 0 fully saturated rings. The van der Waals surface area contributed by atoms with Gasteiger partial charge in [-0.25, -0.2) is 9.07 Å². The monoisotopic (exact) mass is 348 g/mol. The zero-order valence-electron chi connectivity index (χ0n) is 13.2. The van der Waals surface area contributed by atoms with Gasteiger partial charge in [0.05, 0.1) is 33.5 Å². The number of rotatable bonds is 3. The summed E-state index contributed by atoms with van der Waals surface area (Å²) in [4.78, 5) is 12.4. The molecule has 0 spiro atoms. The number of aromatic nitrogens is 5. The normalized spacial score (nSPS) is 10.9. The maximum Gasteiger partial charge on any atom is 0.278 e. The fraction of sp³-hybridized carbons (Fsp3) is 0.200. The Morgan fingerprint density at radius 3 is 2.71 bits per heavy atom. The van der Waals surface area contributed by atoms with E-state index in [1.807, 2.05) is 0 Å². The molecule has 2 aromatic heterocycles. The summed E-state index contributed by atoms with van der Waals surface area (Å²) >= 11 is 5.79. The predicted molar refractivity (Wildman–Crippen MR) is 87.1 cm³/mol. The number of nitrogens with zero attached hydrogens (tertiary/aromatic N) is 4. The van der Waals surface area contributed by atoms with Crippen molar-refractivity contribution in [2.24, 2.45) is 0 Å². The van der Waals surface area contributed by atoms with Gasteiger partial charge in [0.2, 0.25) is 0 Å². The van der Waals surface area contributed by atoms with E-state index in [9.17, 15) is 9.18 Å². The number of amides is 1. The van der Waals surface area contributed by atoms with Crippen LogP contribution in [-0.2, 0) is 0 Å². The minimum atomic E-state index is -0.526. The van der Waals surface area contributed by atoms with Gasteiger partial charge in [0.25, 0.3) is 5.91 Å². The lowest BCUT2D eigenvalue weighted by atomic mass is 10.2. The third kappa shape index (κ3) is 2.76. The quantitative estimate of drug-likeness (QED) is 0.761. The molecular weight excluding hydrogens is 335 g/mol. The molecule has 0 aliphatic heterocycles. The number of hydrogen-bond acceptors (Lipinski definition) is 4. The SMILES string of the molecule is Cc1n[nH]c(C)c1NC(=O)c1nnn(-c2ccc(F)c(Cl)c2)c1C. The molecule has 1 amide bonds. The van der Waals surface area contributed by atoms with E-state index < -0.39 is 11.7 Å². The van der Waals surface area contributed by atoms with Crippen LogP contribution in [0.2, 0.25) is 5.02 Å².